The molecule has 6 nitrogen and oxygen atoms in total. The second kappa shape index (κ2) is 10.6. The molecule has 6 rings (SSSR count). The van der Waals surface area contributed by atoms with E-state index in [0.29, 0.717) is 17.0 Å². The molecule has 0 spiro atoms. The maximum absolute atomic E-state index is 14.1. The van der Waals surface area contributed by atoms with Crippen LogP contribution in [0.4, 0.5) is 5.69 Å². The van der Waals surface area contributed by atoms with E-state index in [0.717, 1.165) is 16.7 Å². The van der Waals surface area contributed by atoms with Crippen molar-refractivity contribution in [2.24, 2.45) is 0 Å². The van der Waals surface area contributed by atoms with Crippen molar-refractivity contribution in [1.29, 1.82) is 0 Å². The van der Waals surface area contributed by atoms with Crippen LogP contribution in [0.3, 0.4) is 0 Å². The third-order valence-electron chi connectivity index (χ3n) is 7.49. The number of nitrogens with one attached hydrogen (secondary N) is 1. The van der Waals surface area contributed by atoms with Crippen LogP contribution in [-0.2, 0) is 15.1 Å². The summed E-state index contributed by atoms with van der Waals surface area (Å²) in [5.41, 5.74) is 2.42. The largest absolute Gasteiger partial charge is 0.489 e. The Labute approximate surface area is 234 Å². The highest BCUT2D eigenvalue weighted by molar-refractivity contribution is 5.99. The number of rotatable bonds is 5. The zero-order valence-corrected chi connectivity index (χ0v) is 22.2. The minimum atomic E-state index is -1.12. The average molecular weight is 531 g/mol. The first-order chi connectivity index (χ1) is 19.5. The predicted molar refractivity (Wildman–Crippen MR) is 154 cm³/mol. The van der Waals surface area contributed by atoms with Gasteiger partial charge >= 0.3 is 0 Å². The number of amides is 1. The second-order valence-electron chi connectivity index (χ2n) is 10.2. The van der Waals surface area contributed by atoms with Crippen molar-refractivity contribution in [3.63, 3.8) is 0 Å². The van der Waals surface area contributed by atoms with Crippen LogP contribution in [0.15, 0.2) is 109 Å². The Balaban J connectivity index is 1.39. The molecule has 200 valence electrons. The lowest BCUT2D eigenvalue weighted by Gasteiger charge is -2.39. The number of carbonyl (C=O) groups is 1. The van der Waals surface area contributed by atoms with E-state index in [9.17, 15) is 9.90 Å². The number of nitrogens with zero attached hydrogens (tertiary/aromatic N) is 1. The van der Waals surface area contributed by atoms with Crippen LogP contribution in [0.5, 0.6) is 5.75 Å². The van der Waals surface area contributed by atoms with Crippen LogP contribution in [0.2, 0.25) is 0 Å². The summed E-state index contributed by atoms with van der Waals surface area (Å²) in [6, 6.07) is 35.4. The number of likely N-dealkylation sites (N-methyl/N-ethyl adjacent to an activating group) is 1. The Morgan fingerprint density at radius 2 is 1.43 bits per heavy atom. The Kier molecular flexibility index (Phi) is 6.87. The Morgan fingerprint density at radius 3 is 1.93 bits per heavy atom. The maximum Gasteiger partial charge on any atom is 0.247 e. The van der Waals surface area contributed by atoms with E-state index < -0.39 is 17.2 Å². The van der Waals surface area contributed by atoms with Crippen molar-refractivity contribution in [2.75, 3.05) is 31.8 Å². The number of hydrogen-bond donors (Lipinski definition) is 2. The SMILES string of the molecule is CN1C(=O)C(NC(c2ccccc2)(c2ccccc2)c2ccccc2)COc2ccc(C#CC3(O)COC3)cc21. The minimum absolute atomic E-state index is 0.123. The summed E-state index contributed by atoms with van der Waals surface area (Å²) in [4.78, 5) is 15.7. The quantitative estimate of drug-likeness (QED) is 0.300. The molecule has 2 heterocycles. The van der Waals surface area contributed by atoms with E-state index in [1.165, 1.54) is 0 Å². The van der Waals surface area contributed by atoms with Crippen LogP contribution >= 0.6 is 0 Å². The van der Waals surface area contributed by atoms with Gasteiger partial charge < -0.3 is 19.5 Å². The number of fused-ring (bicyclic) bond motifs is 1. The molecule has 2 N–H and O–H groups in total. The van der Waals surface area contributed by atoms with Gasteiger partial charge in [0.15, 0.2) is 5.60 Å². The summed E-state index contributed by atoms with van der Waals surface area (Å²) in [6.45, 7) is 0.546. The molecule has 0 aliphatic carbocycles. The van der Waals surface area contributed by atoms with Gasteiger partial charge in [-0.3, -0.25) is 10.1 Å². The highest BCUT2D eigenvalue weighted by Gasteiger charge is 2.42. The molecule has 4 aromatic rings. The summed E-state index contributed by atoms with van der Waals surface area (Å²) >= 11 is 0. The molecule has 0 radical (unpaired) electrons. The van der Waals surface area contributed by atoms with Gasteiger partial charge in [0, 0.05) is 12.6 Å². The highest BCUT2D eigenvalue weighted by Crippen LogP contribution is 2.39. The van der Waals surface area contributed by atoms with E-state index in [1.54, 1.807) is 11.9 Å². The zero-order chi connectivity index (χ0) is 27.6. The van der Waals surface area contributed by atoms with Crippen molar-refractivity contribution >= 4 is 11.6 Å². The van der Waals surface area contributed by atoms with Crippen molar-refractivity contribution < 1.29 is 19.4 Å². The van der Waals surface area contributed by atoms with Crippen LogP contribution < -0.4 is 15.0 Å². The molecule has 0 aromatic heterocycles. The van der Waals surface area contributed by atoms with E-state index in [1.807, 2.05) is 72.8 Å². The first kappa shape index (κ1) is 25.8. The fourth-order valence-corrected chi connectivity index (χ4v) is 5.31. The average Bonchev–Trinajstić information content (AvgIpc) is 3.11. The summed E-state index contributed by atoms with van der Waals surface area (Å²) < 4.78 is 11.3. The standard InChI is InChI=1S/C34H30N2O4/c1-36-30-21-25(19-20-33(38)23-39-24-33)17-18-31(30)40-22-29(32(36)37)35-34(26-11-5-2-6-12-26,27-13-7-3-8-14-27)28-15-9-4-10-16-28/h2-18,21,29,35,38H,22-24H2,1H3. The Hall–Kier alpha value is -4.41. The summed E-state index contributed by atoms with van der Waals surface area (Å²) in [5.74, 6) is 6.37. The van der Waals surface area contributed by atoms with Crippen LogP contribution in [0.25, 0.3) is 0 Å². The van der Waals surface area contributed by atoms with E-state index in [-0.39, 0.29) is 25.7 Å². The van der Waals surface area contributed by atoms with Crippen LogP contribution in [0.1, 0.15) is 22.3 Å². The van der Waals surface area contributed by atoms with Gasteiger partial charge in [-0.1, -0.05) is 103 Å². The zero-order valence-electron chi connectivity index (χ0n) is 22.2. The van der Waals surface area contributed by atoms with E-state index in [4.69, 9.17) is 9.47 Å². The highest BCUT2D eigenvalue weighted by atomic mass is 16.5. The maximum atomic E-state index is 14.1. The third-order valence-corrected chi connectivity index (χ3v) is 7.49. The lowest BCUT2D eigenvalue weighted by atomic mass is 9.76. The van der Waals surface area contributed by atoms with Crippen LogP contribution in [-0.4, -0.2) is 49.5 Å². The number of hydrogen-bond acceptors (Lipinski definition) is 5. The van der Waals surface area contributed by atoms with Gasteiger partial charge in [-0.2, -0.15) is 0 Å². The molecule has 1 amide bonds. The molecule has 1 atom stereocenters. The Bertz CT molecular complexity index is 1460. The normalized spacial score (nSPS) is 17.9. The molecular formula is C34H30N2O4. The molecule has 6 heteroatoms. The summed E-state index contributed by atoms with van der Waals surface area (Å²) in [5, 5.41) is 14.0. The molecule has 1 fully saturated rings. The number of ether oxygens (including phenoxy) is 2. The lowest BCUT2D eigenvalue weighted by Crippen LogP contribution is -2.56. The first-order valence-corrected chi connectivity index (χ1v) is 13.3. The lowest BCUT2D eigenvalue weighted by molar-refractivity contribution is -0.140. The fraction of sp³-hybridized carbons (Fsp3) is 0.206. The van der Waals surface area contributed by atoms with Gasteiger partial charge in [0.1, 0.15) is 18.4 Å². The predicted octanol–water partition coefficient (Wildman–Crippen LogP) is 4.10. The molecule has 2 aliphatic rings. The Morgan fingerprint density at radius 1 is 0.875 bits per heavy atom. The van der Waals surface area contributed by atoms with Gasteiger partial charge in [-0.15, -0.1) is 0 Å². The molecule has 0 bridgehead atoms. The summed E-state index contributed by atoms with van der Waals surface area (Å²) in [7, 11) is 1.75. The number of carbonyl (C=O) groups excluding carboxylic acids is 1. The van der Waals surface area contributed by atoms with Gasteiger partial charge in [0.2, 0.25) is 5.91 Å². The van der Waals surface area contributed by atoms with Crippen molar-refractivity contribution in [3.05, 3.63) is 131 Å². The first-order valence-electron chi connectivity index (χ1n) is 13.3. The molecular weight excluding hydrogens is 500 g/mol. The molecule has 1 unspecified atom stereocenters. The molecule has 4 aromatic carbocycles. The van der Waals surface area contributed by atoms with Crippen molar-refractivity contribution in [3.8, 4) is 17.6 Å². The molecule has 1 saturated heterocycles. The molecule has 2 aliphatic heterocycles. The van der Waals surface area contributed by atoms with Gasteiger partial charge in [0.25, 0.3) is 0 Å². The molecule has 40 heavy (non-hydrogen) atoms. The topological polar surface area (TPSA) is 71.0 Å². The number of aliphatic hydroxyl groups is 1. The van der Waals surface area contributed by atoms with Crippen LogP contribution in [0, 0.1) is 11.8 Å². The van der Waals surface area contributed by atoms with Gasteiger partial charge in [0.05, 0.1) is 24.4 Å². The smallest absolute Gasteiger partial charge is 0.247 e. The minimum Gasteiger partial charge on any atom is -0.489 e. The van der Waals surface area contributed by atoms with Gasteiger partial charge in [-0.25, -0.2) is 0 Å². The second-order valence-corrected chi connectivity index (χ2v) is 10.2. The number of benzene rings is 4. The van der Waals surface area contributed by atoms with Gasteiger partial charge in [-0.05, 0) is 34.9 Å². The fourth-order valence-electron chi connectivity index (χ4n) is 5.31. The van der Waals surface area contributed by atoms with Crippen molar-refractivity contribution in [2.45, 2.75) is 17.2 Å². The third kappa shape index (κ3) is 4.76. The molecule has 0 saturated carbocycles. The summed E-state index contributed by atoms with van der Waals surface area (Å²) in [6.07, 6.45) is 0. The number of anilines is 1. The van der Waals surface area contributed by atoms with Crippen molar-refractivity contribution in [1.82, 2.24) is 5.32 Å². The van der Waals surface area contributed by atoms with E-state index in [2.05, 4.69) is 53.6 Å². The monoisotopic (exact) mass is 530 g/mol. The van der Waals surface area contributed by atoms with E-state index >= 15 is 0 Å².